The smallest absolute Gasteiger partial charge is 0.407 e. The lowest BCUT2D eigenvalue weighted by Gasteiger charge is -2.24. The van der Waals surface area contributed by atoms with Crippen molar-refractivity contribution in [2.24, 2.45) is 0 Å². The van der Waals surface area contributed by atoms with Gasteiger partial charge in [-0.15, -0.1) is 0 Å². The van der Waals surface area contributed by atoms with E-state index >= 15 is 0 Å². The molecule has 5 nitrogen and oxygen atoms in total. The van der Waals surface area contributed by atoms with Crippen LogP contribution in [0.3, 0.4) is 0 Å². The van der Waals surface area contributed by atoms with Gasteiger partial charge in [0.1, 0.15) is 11.4 Å². The third-order valence-corrected chi connectivity index (χ3v) is 3.85. The van der Waals surface area contributed by atoms with Crippen LogP contribution < -0.4 is 5.32 Å². The van der Waals surface area contributed by atoms with Gasteiger partial charge in [0.15, 0.2) is 0 Å². The normalized spacial score (nSPS) is 19.8. The van der Waals surface area contributed by atoms with E-state index in [0.717, 1.165) is 0 Å². The van der Waals surface area contributed by atoms with Gasteiger partial charge in [-0.05, 0) is 45.2 Å². The van der Waals surface area contributed by atoms with Crippen LogP contribution in [-0.2, 0) is 9.53 Å². The van der Waals surface area contributed by atoms with Crippen LogP contribution in [0.1, 0.15) is 39.2 Å². The summed E-state index contributed by atoms with van der Waals surface area (Å²) in [7, 11) is 0. The molecule has 0 spiro atoms. The molecule has 1 saturated heterocycles. The van der Waals surface area contributed by atoms with Crippen LogP contribution in [0.25, 0.3) is 0 Å². The van der Waals surface area contributed by atoms with Gasteiger partial charge in [-0.3, -0.25) is 4.79 Å². The number of likely N-dealkylation sites (tertiary alicyclic amines) is 1. The number of nitrogens with one attached hydrogen (secondary N) is 1. The fourth-order valence-electron chi connectivity index (χ4n) is 2.85. The summed E-state index contributed by atoms with van der Waals surface area (Å²) >= 11 is 0. The molecule has 1 N–H and O–H groups in total. The molecule has 1 aromatic carbocycles. The minimum absolute atomic E-state index is 0.256. The van der Waals surface area contributed by atoms with Crippen LogP contribution in [0, 0.1) is 17.7 Å². The molecule has 2 atom stereocenters. The van der Waals surface area contributed by atoms with Crippen molar-refractivity contribution in [3.8, 4) is 11.8 Å². The Bertz CT molecular complexity index is 715. The topological polar surface area (TPSA) is 58.6 Å². The molecule has 6 heteroatoms. The van der Waals surface area contributed by atoms with E-state index in [1.165, 1.54) is 11.0 Å². The Morgan fingerprint density at radius 1 is 1.28 bits per heavy atom. The maximum Gasteiger partial charge on any atom is 0.407 e. The Kier molecular flexibility index (Phi) is 5.68. The third kappa shape index (κ3) is 4.96. The first-order valence-electron chi connectivity index (χ1n) is 8.17. The van der Waals surface area contributed by atoms with Crippen molar-refractivity contribution in [3.63, 3.8) is 0 Å². The zero-order valence-corrected chi connectivity index (χ0v) is 14.9. The molecule has 25 heavy (non-hydrogen) atoms. The van der Waals surface area contributed by atoms with E-state index < -0.39 is 17.7 Å². The minimum Gasteiger partial charge on any atom is -0.444 e. The average molecular weight is 346 g/mol. The lowest BCUT2D eigenvalue weighted by molar-refractivity contribution is -0.124. The summed E-state index contributed by atoms with van der Waals surface area (Å²) in [5, 5.41) is 2.77. The van der Waals surface area contributed by atoms with Crippen LogP contribution in [0.4, 0.5) is 9.18 Å². The van der Waals surface area contributed by atoms with Crippen molar-refractivity contribution >= 4 is 12.0 Å². The highest BCUT2D eigenvalue weighted by molar-refractivity contribution is 5.93. The van der Waals surface area contributed by atoms with Gasteiger partial charge in [0.25, 0.3) is 5.91 Å². The van der Waals surface area contributed by atoms with Gasteiger partial charge in [0, 0.05) is 19.0 Å². The Labute approximate surface area is 147 Å². The fourth-order valence-corrected chi connectivity index (χ4v) is 2.85. The van der Waals surface area contributed by atoms with Crippen LogP contribution in [0.2, 0.25) is 0 Å². The van der Waals surface area contributed by atoms with Gasteiger partial charge in [0.05, 0.1) is 6.04 Å². The summed E-state index contributed by atoms with van der Waals surface area (Å²) in [4.78, 5) is 25.7. The number of halogens is 1. The van der Waals surface area contributed by atoms with Crippen molar-refractivity contribution in [3.05, 3.63) is 35.6 Å². The molecule has 0 aromatic heterocycles. The summed E-state index contributed by atoms with van der Waals surface area (Å²) in [6, 6.07) is 5.93. The van der Waals surface area contributed by atoms with Crippen molar-refractivity contribution < 1.29 is 18.7 Å². The number of carbonyl (C=O) groups excluding carboxylic acids is 2. The van der Waals surface area contributed by atoms with Gasteiger partial charge in [0.2, 0.25) is 0 Å². The average Bonchev–Trinajstić information content (AvgIpc) is 2.89. The number of amides is 2. The van der Waals surface area contributed by atoms with Gasteiger partial charge < -0.3 is 15.0 Å². The van der Waals surface area contributed by atoms with Crippen molar-refractivity contribution in [2.75, 3.05) is 13.1 Å². The first-order chi connectivity index (χ1) is 11.7. The molecule has 134 valence electrons. The first kappa shape index (κ1) is 18.8. The number of hydrogen-bond donors (Lipinski definition) is 1. The van der Waals surface area contributed by atoms with Gasteiger partial charge >= 0.3 is 6.09 Å². The monoisotopic (exact) mass is 346 g/mol. The van der Waals surface area contributed by atoms with E-state index in [1.54, 1.807) is 45.9 Å². The molecule has 1 aromatic rings. The van der Waals surface area contributed by atoms with Crippen LogP contribution in [0.15, 0.2) is 24.3 Å². The van der Waals surface area contributed by atoms with E-state index in [4.69, 9.17) is 4.74 Å². The van der Waals surface area contributed by atoms with Crippen molar-refractivity contribution in [2.45, 2.75) is 45.3 Å². The quantitative estimate of drug-likeness (QED) is 0.838. The molecular formula is C19H23FN2O3. The number of nitrogens with zero attached hydrogens (tertiary/aromatic N) is 1. The van der Waals surface area contributed by atoms with E-state index in [9.17, 15) is 14.0 Å². The van der Waals surface area contributed by atoms with Gasteiger partial charge in [-0.25, -0.2) is 9.18 Å². The van der Waals surface area contributed by atoms with Crippen LogP contribution in [0.5, 0.6) is 0 Å². The minimum atomic E-state index is -0.640. The predicted molar refractivity (Wildman–Crippen MR) is 92.3 cm³/mol. The number of carbonyl (C=O) groups is 2. The van der Waals surface area contributed by atoms with Crippen molar-refractivity contribution in [1.29, 1.82) is 0 Å². The highest BCUT2D eigenvalue weighted by atomic mass is 19.1. The number of alkyl carbamates (subject to hydrolysis) is 1. The fraction of sp³-hybridized carbons (Fsp3) is 0.474. The molecular weight excluding hydrogens is 323 g/mol. The standard InChI is InChI=1S/C19H23FN2O3/c1-5-8-17(23)22-11-14(13-9-6-7-10-15(13)20)16(12-22)21-18(24)25-19(2,3)4/h6-7,9-10,14,16H,11-12H2,1-4H3,(H,21,24)/t14-,16+/m0/s1. The Balaban J connectivity index is 2.23. The zero-order valence-electron chi connectivity index (χ0n) is 14.9. The lowest BCUT2D eigenvalue weighted by atomic mass is 9.94. The summed E-state index contributed by atoms with van der Waals surface area (Å²) in [6.07, 6.45) is -0.588. The highest BCUT2D eigenvalue weighted by Gasteiger charge is 2.38. The van der Waals surface area contributed by atoms with Gasteiger partial charge in [-0.2, -0.15) is 0 Å². The zero-order chi connectivity index (χ0) is 18.6. The SMILES string of the molecule is CC#CC(=O)N1C[C@@H](NC(=O)OC(C)(C)C)[C@H](c2ccccc2F)C1. The second kappa shape index (κ2) is 7.56. The molecule has 1 aliphatic rings. The summed E-state index contributed by atoms with van der Waals surface area (Å²) < 4.78 is 19.5. The Hall–Kier alpha value is -2.55. The van der Waals surface area contributed by atoms with E-state index in [0.29, 0.717) is 5.56 Å². The van der Waals surface area contributed by atoms with Crippen molar-refractivity contribution in [1.82, 2.24) is 10.2 Å². The summed E-state index contributed by atoms with van der Waals surface area (Å²) in [6.45, 7) is 7.42. The molecule has 1 fully saturated rings. The third-order valence-electron chi connectivity index (χ3n) is 3.85. The second-order valence-corrected chi connectivity index (χ2v) is 6.97. The molecule has 1 aliphatic heterocycles. The number of rotatable bonds is 2. The van der Waals surface area contributed by atoms with E-state index in [2.05, 4.69) is 17.2 Å². The van der Waals surface area contributed by atoms with E-state index in [1.807, 2.05) is 0 Å². The maximum atomic E-state index is 14.2. The number of ether oxygens (including phenoxy) is 1. The molecule has 0 unspecified atom stereocenters. The predicted octanol–water partition coefficient (Wildman–Crippen LogP) is 2.67. The first-order valence-corrected chi connectivity index (χ1v) is 8.17. The number of benzene rings is 1. The molecule has 2 amide bonds. The molecule has 0 bridgehead atoms. The summed E-state index contributed by atoms with van der Waals surface area (Å²) in [5.74, 6) is 3.99. The largest absolute Gasteiger partial charge is 0.444 e. The molecule has 0 saturated carbocycles. The maximum absolute atomic E-state index is 14.2. The van der Waals surface area contributed by atoms with Crippen LogP contribution in [-0.4, -0.2) is 41.6 Å². The molecule has 0 aliphatic carbocycles. The Morgan fingerprint density at radius 3 is 2.56 bits per heavy atom. The summed E-state index contributed by atoms with van der Waals surface area (Å²) in [5.41, 5.74) is -0.178. The van der Waals surface area contributed by atoms with E-state index in [-0.39, 0.29) is 30.7 Å². The molecule has 2 rings (SSSR count). The molecule has 1 heterocycles. The highest BCUT2D eigenvalue weighted by Crippen LogP contribution is 2.29. The number of hydrogen-bond acceptors (Lipinski definition) is 3. The molecule has 0 radical (unpaired) electrons. The van der Waals surface area contributed by atoms with Crippen LogP contribution >= 0.6 is 0 Å². The second-order valence-electron chi connectivity index (χ2n) is 6.97. The van der Waals surface area contributed by atoms with Gasteiger partial charge in [-0.1, -0.05) is 24.1 Å². The lowest BCUT2D eigenvalue weighted by Crippen LogP contribution is -2.43. The Morgan fingerprint density at radius 2 is 1.96 bits per heavy atom.